The lowest BCUT2D eigenvalue weighted by Gasteiger charge is -2.21. The van der Waals surface area contributed by atoms with Gasteiger partial charge in [0.2, 0.25) is 0 Å². The summed E-state index contributed by atoms with van der Waals surface area (Å²) in [6.45, 7) is 7.02. The molecule has 0 amide bonds. The van der Waals surface area contributed by atoms with Crippen LogP contribution in [0.3, 0.4) is 0 Å². The van der Waals surface area contributed by atoms with Crippen LogP contribution >= 0.6 is 0 Å². The first-order chi connectivity index (χ1) is 6.50. The average molecular weight is 194 g/mol. The summed E-state index contributed by atoms with van der Waals surface area (Å²) in [6, 6.07) is 3.38. The molecule has 0 saturated carbocycles. The molecule has 0 radical (unpaired) electrons. The van der Waals surface area contributed by atoms with Crippen molar-refractivity contribution in [3.05, 3.63) is 29.1 Å². The number of benzene rings is 1. The molecule has 0 aromatic heterocycles. The Labute approximate surface area is 83.9 Å². The number of hydrogen-bond donors (Lipinski definition) is 0. The van der Waals surface area contributed by atoms with Crippen molar-refractivity contribution in [1.82, 2.24) is 0 Å². The van der Waals surface area contributed by atoms with Gasteiger partial charge in [-0.05, 0) is 17.0 Å². The van der Waals surface area contributed by atoms with Gasteiger partial charge in [-0.15, -0.1) is 0 Å². The maximum Gasteiger partial charge on any atom is 0.165 e. The molecule has 0 saturated heterocycles. The quantitative estimate of drug-likeness (QED) is 0.616. The molecule has 0 fully saturated rings. The minimum absolute atomic E-state index is 0.0610. The van der Waals surface area contributed by atoms with Gasteiger partial charge in [0, 0.05) is 12.0 Å². The molecule has 0 bridgehead atoms. The molecule has 2 rings (SSSR count). The summed E-state index contributed by atoms with van der Waals surface area (Å²) >= 11 is 0. The Hall–Kier alpha value is -1.05. The normalized spacial score (nSPS) is 15.1. The Kier molecular flexibility index (Phi) is 2.02. The van der Waals surface area contributed by atoms with Gasteiger partial charge in [-0.25, -0.2) is 4.39 Å². The zero-order valence-corrected chi connectivity index (χ0v) is 8.86. The molecule has 1 aliphatic heterocycles. The van der Waals surface area contributed by atoms with Gasteiger partial charge in [-0.3, -0.25) is 0 Å². The fraction of sp³-hybridized carbons (Fsp3) is 0.500. The van der Waals surface area contributed by atoms with Crippen molar-refractivity contribution in [2.45, 2.75) is 32.6 Å². The summed E-state index contributed by atoms with van der Waals surface area (Å²) in [5.74, 6) is 0.239. The van der Waals surface area contributed by atoms with E-state index in [-0.39, 0.29) is 11.2 Å². The van der Waals surface area contributed by atoms with E-state index in [1.165, 1.54) is 11.6 Å². The van der Waals surface area contributed by atoms with Crippen LogP contribution in [-0.4, -0.2) is 6.61 Å². The standard InChI is InChI=1S/C12H15FO/c1-12(2,3)9-4-5-10(13)11-8(9)6-7-14-11/h4-5H,6-7H2,1-3H3. The second kappa shape index (κ2) is 2.97. The minimum atomic E-state index is -0.231. The van der Waals surface area contributed by atoms with E-state index in [0.717, 1.165) is 12.0 Å². The lowest BCUT2D eigenvalue weighted by Crippen LogP contribution is -2.13. The number of rotatable bonds is 0. The molecule has 0 spiro atoms. The lowest BCUT2D eigenvalue weighted by atomic mass is 9.83. The molecule has 1 aromatic rings. The van der Waals surface area contributed by atoms with E-state index in [9.17, 15) is 4.39 Å². The van der Waals surface area contributed by atoms with E-state index in [4.69, 9.17) is 4.74 Å². The summed E-state index contributed by atoms with van der Waals surface area (Å²) in [4.78, 5) is 0. The van der Waals surface area contributed by atoms with Gasteiger partial charge in [-0.2, -0.15) is 0 Å². The van der Waals surface area contributed by atoms with E-state index in [0.29, 0.717) is 12.4 Å². The van der Waals surface area contributed by atoms with Crippen molar-refractivity contribution >= 4 is 0 Å². The van der Waals surface area contributed by atoms with Crippen LogP contribution in [0.2, 0.25) is 0 Å². The molecule has 1 aromatic carbocycles. The van der Waals surface area contributed by atoms with Crippen LogP contribution in [0.15, 0.2) is 12.1 Å². The van der Waals surface area contributed by atoms with E-state index >= 15 is 0 Å². The Morgan fingerprint density at radius 1 is 1.29 bits per heavy atom. The Balaban J connectivity index is 2.60. The highest BCUT2D eigenvalue weighted by molar-refractivity contribution is 5.46. The molecular formula is C12H15FO. The Bertz CT molecular complexity index is 363. The number of halogens is 1. The Morgan fingerprint density at radius 3 is 2.64 bits per heavy atom. The molecule has 0 atom stereocenters. The van der Waals surface area contributed by atoms with Gasteiger partial charge in [-0.1, -0.05) is 26.8 Å². The molecule has 76 valence electrons. The largest absolute Gasteiger partial charge is 0.490 e. The summed E-state index contributed by atoms with van der Waals surface area (Å²) in [5, 5.41) is 0. The molecular weight excluding hydrogens is 179 g/mol. The molecule has 2 heteroatoms. The van der Waals surface area contributed by atoms with Crippen LogP contribution in [0.25, 0.3) is 0 Å². The predicted octanol–water partition coefficient (Wildman–Crippen LogP) is 3.06. The van der Waals surface area contributed by atoms with E-state index in [1.807, 2.05) is 6.07 Å². The van der Waals surface area contributed by atoms with Gasteiger partial charge in [0.1, 0.15) is 0 Å². The third-order valence-corrected chi connectivity index (χ3v) is 2.62. The van der Waals surface area contributed by atoms with Gasteiger partial charge in [0.25, 0.3) is 0 Å². The van der Waals surface area contributed by atoms with Crippen molar-refractivity contribution < 1.29 is 9.13 Å². The fourth-order valence-electron chi connectivity index (χ4n) is 1.96. The second-order valence-electron chi connectivity index (χ2n) is 4.75. The number of ether oxygens (including phenoxy) is 1. The van der Waals surface area contributed by atoms with Crippen molar-refractivity contribution in [2.75, 3.05) is 6.61 Å². The van der Waals surface area contributed by atoms with Crippen LogP contribution in [-0.2, 0) is 11.8 Å². The minimum Gasteiger partial charge on any atom is -0.490 e. The number of hydrogen-bond acceptors (Lipinski definition) is 1. The second-order valence-corrected chi connectivity index (χ2v) is 4.75. The van der Waals surface area contributed by atoms with Crippen LogP contribution in [0.1, 0.15) is 31.9 Å². The summed E-state index contributed by atoms with van der Waals surface area (Å²) in [7, 11) is 0. The molecule has 1 heterocycles. The summed E-state index contributed by atoms with van der Waals surface area (Å²) in [6.07, 6.45) is 0.833. The topological polar surface area (TPSA) is 9.23 Å². The van der Waals surface area contributed by atoms with Gasteiger partial charge in [0.15, 0.2) is 11.6 Å². The highest BCUT2D eigenvalue weighted by Gasteiger charge is 2.26. The lowest BCUT2D eigenvalue weighted by molar-refractivity contribution is 0.339. The van der Waals surface area contributed by atoms with Gasteiger partial charge < -0.3 is 4.74 Å². The van der Waals surface area contributed by atoms with Crippen molar-refractivity contribution in [2.24, 2.45) is 0 Å². The monoisotopic (exact) mass is 194 g/mol. The zero-order valence-electron chi connectivity index (χ0n) is 8.86. The van der Waals surface area contributed by atoms with Crippen LogP contribution in [0, 0.1) is 5.82 Å². The molecule has 0 N–H and O–H groups in total. The first-order valence-corrected chi connectivity index (χ1v) is 4.95. The Morgan fingerprint density at radius 2 is 2.00 bits per heavy atom. The number of fused-ring (bicyclic) bond motifs is 1. The van der Waals surface area contributed by atoms with Crippen molar-refractivity contribution in [3.63, 3.8) is 0 Å². The predicted molar refractivity (Wildman–Crippen MR) is 54.3 cm³/mol. The van der Waals surface area contributed by atoms with Crippen molar-refractivity contribution in [3.8, 4) is 5.75 Å². The van der Waals surface area contributed by atoms with E-state index in [1.54, 1.807) is 0 Å². The maximum absolute atomic E-state index is 13.3. The third kappa shape index (κ3) is 1.39. The van der Waals surface area contributed by atoms with E-state index in [2.05, 4.69) is 20.8 Å². The highest BCUT2D eigenvalue weighted by Crippen LogP contribution is 2.36. The first-order valence-electron chi connectivity index (χ1n) is 4.95. The third-order valence-electron chi connectivity index (χ3n) is 2.62. The summed E-state index contributed by atoms with van der Waals surface area (Å²) < 4.78 is 18.6. The van der Waals surface area contributed by atoms with Crippen LogP contribution < -0.4 is 4.74 Å². The molecule has 14 heavy (non-hydrogen) atoms. The molecule has 0 aliphatic carbocycles. The van der Waals surface area contributed by atoms with Gasteiger partial charge in [0.05, 0.1) is 6.61 Å². The first kappa shape index (κ1) is 9.50. The molecule has 1 nitrogen and oxygen atoms in total. The molecule has 0 unspecified atom stereocenters. The average Bonchev–Trinajstić information content (AvgIpc) is 2.50. The smallest absolute Gasteiger partial charge is 0.165 e. The molecule has 1 aliphatic rings. The fourth-order valence-corrected chi connectivity index (χ4v) is 1.96. The zero-order chi connectivity index (χ0) is 10.3. The van der Waals surface area contributed by atoms with Crippen LogP contribution in [0.5, 0.6) is 5.75 Å². The van der Waals surface area contributed by atoms with Crippen LogP contribution in [0.4, 0.5) is 4.39 Å². The van der Waals surface area contributed by atoms with Crippen molar-refractivity contribution in [1.29, 1.82) is 0 Å². The summed E-state index contributed by atoms with van der Waals surface area (Å²) in [5.41, 5.74) is 2.31. The highest BCUT2D eigenvalue weighted by atomic mass is 19.1. The maximum atomic E-state index is 13.3. The SMILES string of the molecule is CC(C)(C)c1ccc(F)c2c1CCO2. The van der Waals surface area contributed by atoms with E-state index < -0.39 is 0 Å². The van der Waals surface area contributed by atoms with Gasteiger partial charge >= 0.3 is 0 Å².